The van der Waals surface area contributed by atoms with Crippen LogP contribution in [0.5, 0.6) is 0 Å². The molecule has 4 heterocycles. The van der Waals surface area contributed by atoms with E-state index < -0.39 is 0 Å². The van der Waals surface area contributed by atoms with Crippen molar-refractivity contribution in [2.75, 3.05) is 31.6 Å². The summed E-state index contributed by atoms with van der Waals surface area (Å²) in [6.45, 7) is 4.66. The summed E-state index contributed by atoms with van der Waals surface area (Å²) in [5.74, 6) is 0.834. The topological polar surface area (TPSA) is 79.2 Å². The van der Waals surface area contributed by atoms with E-state index in [-0.39, 0.29) is 13.4 Å². The van der Waals surface area contributed by atoms with Crippen LogP contribution in [-0.4, -0.2) is 63.3 Å². The standard InChI is InChI=1S/C27H27N7OS.H2/c1-18-3-6-21(7-4-18)34-15-22-25(31-34)29-17-30-26(22)33-11-10-32(2)23(16-33)27(35)28-14-19-5-8-24-20(13-19)9-12-36-24;/h3-9,12-13,15,17,23H,10-11,14,16H2,1-2H3,(H,28,35);1H/t23-;/m1./s1. The third-order valence-corrected chi connectivity index (χ3v) is 7.73. The molecule has 1 aliphatic heterocycles. The number of rotatable bonds is 5. The van der Waals surface area contributed by atoms with Crippen LogP contribution in [0.1, 0.15) is 12.6 Å². The molecule has 0 aliphatic carbocycles. The van der Waals surface area contributed by atoms with Crippen molar-refractivity contribution in [2.45, 2.75) is 19.5 Å². The summed E-state index contributed by atoms with van der Waals surface area (Å²) in [4.78, 5) is 26.5. The number of amides is 1. The van der Waals surface area contributed by atoms with Gasteiger partial charge in [-0.3, -0.25) is 9.69 Å². The number of benzene rings is 2. The number of aryl methyl sites for hydroxylation is 1. The van der Waals surface area contributed by atoms with Crippen LogP contribution in [0, 0.1) is 6.92 Å². The summed E-state index contributed by atoms with van der Waals surface area (Å²) in [6.07, 6.45) is 3.53. The van der Waals surface area contributed by atoms with Gasteiger partial charge < -0.3 is 10.2 Å². The number of carbonyl (C=O) groups excluding carboxylic acids is 1. The van der Waals surface area contributed by atoms with E-state index in [9.17, 15) is 4.79 Å². The highest BCUT2D eigenvalue weighted by molar-refractivity contribution is 7.17. The van der Waals surface area contributed by atoms with Crippen molar-refractivity contribution in [3.8, 4) is 5.69 Å². The van der Waals surface area contributed by atoms with Crippen LogP contribution in [0.25, 0.3) is 26.8 Å². The van der Waals surface area contributed by atoms with Gasteiger partial charge in [-0.05, 0) is 60.6 Å². The third kappa shape index (κ3) is 4.31. The minimum atomic E-state index is -0.277. The van der Waals surface area contributed by atoms with E-state index in [2.05, 4.69) is 78.9 Å². The number of thiophene rings is 1. The molecule has 1 aliphatic rings. The van der Waals surface area contributed by atoms with E-state index in [1.165, 1.54) is 15.6 Å². The average molecular weight is 500 g/mol. The highest BCUT2D eigenvalue weighted by atomic mass is 32.1. The first kappa shape index (κ1) is 22.6. The van der Waals surface area contributed by atoms with Crippen molar-refractivity contribution in [3.63, 3.8) is 0 Å². The fraction of sp³-hybridized carbons (Fsp3) is 0.259. The molecule has 0 saturated carbocycles. The normalized spacial score (nSPS) is 16.6. The van der Waals surface area contributed by atoms with Crippen LogP contribution in [-0.2, 0) is 11.3 Å². The number of nitrogens with zero attached hydrogens (tertiary/aromatic N) is 6. The molecule has 1 N–H and O–H groups in total. The number of piperazine rings is 1. The second-order valence-corrected chi connectivity index (χ2v) is 10.2. The highest BCUT2D eigenvalue weighted by Crippen LogP contribution is 2.26. The van der Waals surface area contributed by atoms with Gasteiger partial charge in [0.25, 0.3) is 0 Å². The molecule has 1 saturated heterocycles. The van der Waals surface area contributed by atoms with Gasteiger partial charge in [0, 0.05) is 38.5 Å². The maximum Gasteiger partial charge on any atom is 0.239 e. The monoisotopic (exact) mass is 499 g/mol. The lowest BCUT2D eigenvalue weighted by atomic mass is 10.1. The van der Waals surface area contributed by atoms with Crippen molar-refractivity contribution in [1.29, 1.82) is 0 Å². The Kier molecular flexibility index (Phi) is 5.86. The molecule has 2 aromatic carbocycles. The smallest absolute Gasteiger partial charge is 0.239 e. The molecule has 36 heavy (non-hydrogen) atoms. The average Bonchev–Trinajstić information content (AvgIpc) is 3.54. The van der Waals surface area contributed by atoms with Crippen LogP contribution in [0.4, 0.5) is 5.82 Å². The molecule has 3 aromatic heterocycles. The molecule has 1 fully saturated rings. The maximum atomic E-state index is 13.2. The third-order valence-electron chi connectivity index (χ3n) is 6.83. The number of nitrogens with one attached hydrogen (secondary N) is 1. The lowest BCUT2D eigenvalue weighted by Crippen LogP contribution is -2.57. The first-order valence-electron chi connectivity index (χ1n) is 12.0. The fourth-order valence-electron chi connectivity index (χ4n) is 4.69. The molecule has 9 heteroatoms. The summed E-state index contributed by atoms with van der Waals surface area (Å²) in [5.41, 5.74) is 3.92. The number of likely N-dealkylation sites (N-methyl/N-ethyl adjacent to an activating group) is 1. The Bertz CT molecular complexity index is 1550. The van der Waals surface area contributed by atoms with Gasteiger partial charge in [0.05, 0.1) is 11.1 Å². The van der Waals surface area contributed by atoms with Crippen LogP contribution >= 0.6 is 11.3 Å². The largest absolute Gasteiger partial charge is 0.353 e. The Balaban J connectivity index is 0.00000280. The van der Waals surface area contributed by atoms with Gasteiger partial charge in [-0.2, -0.15) is 0 Å². The van der Waals surface area contributed by atoms with Crippen LogP contribution in [0.3, 0.4) is 0 Å². The summed E-state index contributed by atoms with van der Waals surface area (Å²) in [7, 11) is 2.00. The SMILES string of the molecule is Cc1ccc(-n2cc3c(N4CCN(C)[C@@H](C(=O)NCc5ccc6sccc6c5)C4)ncnc3n2)cc1.[HH]. The number of aromatic nitrogens is 4. The molecule has 184 valence electrons. The van der Waals surface area contributed by atoms with E-state index in [1.807, 2.05) is 30.1 Å². The lowest BCUT2D eigenvalue weighted by molar-refractivity contribution is -0.126. The minimum Gasteiger partial charge on any atom is -0.353 e. The van der Waals surface area contributed by atoms with E-state index in [4.69, 9.17) is 0 Å². The molecule has 0 radical (unpaired) electrons. The highest BCUT2D eigenvalue weighted by Gasteiger charge is 2.31. The first-order chi connectivity index (χ1) is 17.5. The molecule has 0 unspecified atom stereocenters. The van der Waals surface area contributed by atoms with Crippen LogP contribution < -0.4 is 10.2 Å². The van der Waals surface area contributed by atoms with Gasteiger partial charge in [0.2, 0.25) is 5.91 Å². The van der Waals surface area contributed by atoms with E-state index >= 15 is 0 Å². The van der Waals surface area contributed by atoms with E-state index in [0.29, 0.717) is 18.7 Å². The zero-order chi connectivity index (χ0) is 24.6. The van der Waals surface area contributed by atoms with Crippen LogP contribution in [0.15, 0.2) is 66.4 Å². The zero-order valence-corrected chi connectivity index (χ0v) is 21.1. The van der Waals surface area contributed by atoms with Gasteiger partial charge >= 0.3 is 0 Å². The summed E-state index contributed by atoms with van der Waals surface area (Å²) < 4.78 is 3.10. The molecule has 1 amide bonds. The van der Waals surface area contributed by atoms with E-state index in [0.717, 1.165) is 35.5 Å². The van der Waals surface area contributed by atoms with Crippen molar-refractivity contribution >= 4 is 44.2 Å². The zero-order valence-electron chi connectivity index (χ0n) is 20.3. The Morgan fingerprint density at radius 2 is 2.00 bits per heavy atom. The second-order valence-electron chi connectivity index (χ2n) is 9.30. The number of anilines is 1. The molecular formula is C27H29N7OS. The molecule has 8 nitrogen and oxygen atoms in total. The predicted octanol–water partition coefficient (Wildman–Crippen LogP) is 4.02. The predicted molar refractivity (Wildman–Crippen MR) is 146 cm³/mol. The Morgan fingerprint density at radius 1 is 1.14 bits per heavy atom. The van der Waals surface area contributed by atoms with Crippen molar-refractivity contribution in [2.24, 2.45) is 0 Å². The molecule has 1 atom stereocenters. The van der Waals surface area contributed by atoms with Gasteiger partial charge in [0.15, 0.2) is 5.65 Å². The molecular weight excluding hydrogens is 470 g/mol. The Morgan fingerprint density at radius 3 is 2.86 bits per heavy atom. The van der Waals surface area contributed by atoms with Crippen molar-refractivity contribution in [3.05, 3.63) is 77.6 Å². The number of hydrogen-bond donors (Lipinski definition) is 1. The summed E-state index contributed by atoms with van der Waals surface area (Å²) in [6, 6.07) is 16.4. The van der Waals surface area contributed by atoms with Gasteiger partial charge in [-0.15, -0.1) is 16.4 Å². The van der Waals surface area contributed by atoms with Crippen LogP contribution in [0.2, 0.25) is 0 Å². The molecule has 5 aromatic rings. The number of fused-ring (bicyclic) bond motifs is 2. The van der Waals surface area contributed by atoms with Crippen molar-refractivity contribution in [1.82, 2.24) is 30.0 Å². The quantitative estimate of drug-likeness (QED) is 0.394. The van der Waals surface area contributed by atoms with Gasteiger partial charge in [-0.25, -0.2) is 14.6 Å². The Hall–Kier alpha value is -3.82. The summed E-state index contributed by atoms with van der Waals surface area (Å²) in [5, 5.41) is 12.0. The van der Waals surface area contributed by atoms with Gasteiger partial charge in [-0.1, -0.05) is 23.8 Å². The summed E-state index contributed by atoms with van der Waals surface area (Å²) >= 11 is 1.73. The lowest BCUT2D eigenvalue weighted by Gasteiger charge is -2.39. The van der Waals surface area contributed by atoms with E-state index in [1.54, 1.807) is 17.7 Å². The second kappa shape index (κ2) is 9.33. The number of hydrogen-bond acceptors (Lipinski definition) is 7. The molecule has 6 rings (SSSR count). The minimum absolute atomic E-state index is 0. The molecule has 0 bridgehead atoms. The Labute approximate surface area is 214 Å². The van der Waals surface area contributed by atoms with Gasteiger partial charge in [0.1, 0.15) is 18.2 Å². The number of carbonyl (C=O) groups is 1. The first-order valence-corrected chi connectivity index (χ1v) is 12.9. The molecule has 0 spiro atoms. The fourth-order valence-corrected chi connectivity index (χ4v) is 5.46. The maximum absolute atomic E-state index is 13.2. The van der Waals surface area contributed by atoms with Crippen molar-refractivity contribution < 1.29 is 6.22 Å².